The zero-order valence-electron chi connectivity index (χ0n) is 15.3. The van der Waals surface area contributed by atoms with Gasteiger partial charge in [0.1, 0.15) is 0 Å². The number of amides is 1. The van der Waals surface area contributed by atoms with E-state index in [1.54, 1.807) is 0 Å². The Morgan fingerprint density at radius 2 is 1.81 bits per heavy atom. The summed E-state index contributed by atoms with van der Waals surface area (Å²) >= 11 is 0. The molecule has 1 atom stereocenters. The van der Waals surface area contributed by atoms with Crippen molar-refractivity contribution in [1.82, 2.24) is 14.8 Å². The third kappa shape index (κ3) is 4.02. The molecule has 3 heterocycles. The molecule has 2 aromatic rings. The van der Waals surface area contributed by atoms with Gasteiger partial charge >= 0.3 is 0 Å². The van der Waals surface area contributed by atoms with E-state index in [1.165, 1.54) is 0 Å². The van der Waals surface area contributed by atoms with Crippen LogP contribution in [0.1, 0.15) is 5.56 Å². The van der Waals surface area contributed by atoms with E-state index in [0.29, 0.717) is 45.8 Å². The van der Waals surface area contributed by atoms with Gasteiger partial charge in [-0.25, -0.2) is 8.42 Å². The number of carbonyl (C=O) groups is 1. The van der Waals surface area contributed by atoms with Crippen molar-refractivity contribution < 1.29 is 17.9 Å². The molecular formula is C19H25N3O4S. The number of hydrogen-bond donors (Lipinski definition) is 1. The van der Waals surface area contributed by atoms with E-state index in [4.69, 9.17) is 4.74 Å². The first kappa shape index (κ1) is 18.5. The van der Waals surface area contributed by atoms with Crippen LogP contribution in [0.5, 0.6) is 0 Å². The Bertz CT molecular complexity index is 904. The first-order valence-electron chi connectivity index (χ1n) is 9.39. The minimum Gasteiger partial charge on any atom is -0.378 e. The van der Waals surface area contributed by atoms with Crippen molar-refractivity contribution in [2.45, 2.75) is 12.5 Å². The van der Waals surface area contributed by atoms with Gasteiger partial charge in [0, 0.05) is 43.3 Å². The van der Waals surface area contributed by atoms with Crippen molar-refractivity contribution in [3.63, 3.8) is 0 Å². The molecule has 8 heteroatoms. The lowest BCUT2D eigenvalue weighted by Gasteiger charge is -2.37. The molecule has 0 unspecified atom stereocenters. The van der Waals surface area contributed by atoms with E-state index in [1.807, 2.05) is 34.2 Å². The number of morpholine rings is 1. The van der Waals surface area contributed by atoms with Gasteiger partial charge < -0.3 is 14.6 Å². The zero-order chi connectivity index (χ0) is 18.9. The number of carbonyl (C=O) groups excluding carboxylic acids is 1. The Hall–Kier alpha value is -1.90. The number of fused-ring (bicyclic) bond motifs is 1. The van der Waals surface area contributed by atoms with Crippen molar-refractivity contribution in [3.8, 4) is 0 Å². The van der Waals surface area contributed by atoms with Crippen LogP contribution in [0.15, 0.2) is 30.5 Å². The maximum Gasteiger partial charge on any atom is 0.240 e. The van der Waals surface area contributed by atoms with Crippen LogP contribution in [0.25, 0.3) is 10.9 Å². The summed E-state index contributed by atoms with van der Waals surface area (Å²) in [6, 6.07) is 7.70. The van der Waals surface area contributed by atoms with E-state index in [9.17, 15) is 13.2 Å². The minimum atomic E-state index is -2.99. The van der Waals surface area contributed by atoms with Gasteiger partial charge in [-0.15, -0.1) is 0 Å². The average molecular weight is 391 g/mol. The second kappa shape index (κ2) is 7.61. The summed E-state index contributed by atoms with van der Waals surface area (Å²) in [5, 5.41) is 1.11. The van der Waals surface area contributed by atoms with E-state index in [-0.39, 0.29) is 23.5 Å². The highest BCUT2D eigenvalue weighted by molar-refractivity contribution is 7.91. The molecule has 2 aliphatic heterocycles. The van der Waals surface area contributed by atoms with Gasteiger partial charge in [0.15, 0.2) is 9.84 Å². The maximum atomic E-state index is 13.3. The molecule has 0 radical (unpaired) electrons. The van der Waals surface area contributed by atoms with Gasteiger partial charge in [0.05, 0.1) is 30.8 Å². The molecule has 0 spiro atoms. The summed E-state index contributed by atoms with van der Waals surface area (Å²) in [7, 11) is -2.99. The predicted octanol–water partition coefficient (Wildman–Crippen LogP) is 0.668. The second-order valence-corrected chi connectivity index (χ2v) is 9.51. The molecule has 1 aromatic carbocycles. The molecule has 7 nitrogen and oxygen atoms in total. The lowest BCUT2D eigenvalue weighted by atomic mass is 10.0. The van der Waals surface area contributed by atoms with Gasteiger partial charge in [-0.3, -0.25) is 9.69 Å². The van der Waals surface area contributed by atoms with Crippen LogP contribution in [0.3, 0.4) is 0 Å². The number of para-hydroxylation sites is 1. The lowest BCUT2D eigenvalue weighted by Crippen LogP contribution is -2.56. The fourth-order valence-electron chi connectivity index (χ4n) is 3.91. The number of ether oxygens (including phenoxy) is 1. The summed E-state index contributed by atoms with van der Waals surface area (Å²) in [4.78, 5) is 20.5. The van der Waals surface area contributed by atoms with Crippen LogP contribution >= 0.6 is 0 Å². The Kier molecular flexibility index (Phi) is 5.21. The Labute approximate surface area is 159 Å². The summed E-state index contributed by atoms with van der Waals surface area (Å²) in [6.45, 7) is 3.11. The number of H-pyrrole nitrogens is 1. The van der Waals surface area contributed by atoms with Crippen LogP contribution in [-0.2, 0) is 25.8 Å². The SMILES string of the molecule is O=C([C@H](Cc1c[nH]c2ccccc12)N1CCS(=O)(=O)CC1)N1CCOCC1. The molecule has 2 aliphatic rings. The number of aromatic amines is 1. The fourth-order valence-corrected chi connectivity index (χ4v) is 5.14. The van der Waals surface area contributed by atoms with Gasteiger partial charge in [-0.2, -0.15) is 0 Å². The topological polar surface area (TPSA) is 82.7 Å². The summed E-state index contributed by atoms with van der Waals surface area (Å²) in [5.41, 5.74) is 2.14. The van der Waals surface area contributed by atoms with E-state index >= 15 is 0 Å². The standard InChI is InChI=1S/C19H25N3O4S/c23-19(22-5-9-26-10-6-22)18(21-7-11-27(24,25)12-8-21)13-15-14-20-17-4-2-1-3-16(15)17/h1-4,14,18,20H,5-13H2/t18-/m0/s1. The molecule has 4 rings (SSSR count). The van der Waals surface area contributed by atoms with Gasteiger partial charge in [-0.05, 0) is 18.1 Å². The smallest absolute Gasteiger partial charge is 0.240 e. The van der Waals surface area contributed by atoms with Crippen LogP contribution in [0.4, 0.5) is 0 Å². The lowest BCUT2D eigenvalue weighted by molar-refractivity contribution is -0.141. The molecule has 146 valence electrons. The predicted molar refractivity (Wildman–Crippen MR) is 103 cm³/mol. The first-order chi connectivity index (χ1) is 13.0. The molecular weight excluding hydrogens is 366 g/mol. The third-order valence-electron chi connectivity index (χ3n) is 5.52. The summed E-state index contributed by atoms with van der Waals surface area (Å²) in [5.74, 6) is 0.310. The Morgan fingerprint density at radius 3 is 2.56 bits per heavy atom. The van der Waals surface area contributed by atoms with E-state index < -0.39 is 9.84 Å². The van der Waals surface area contributed by atoms with Crippen molar-refractivity contribution >= 4 is 26.6 Å². The quantitative estimate of drug-likeness (QED) is 0.828. The fraction of sp³-hybridized carbons (Fsp3) is 0.526. The number of benzene rings is 1. The number of sulfone groups is 1. The highest BCUT2D eigenvalue weighted by Crippen LogP contribution is 2.22. The van der Waals surface area contributed by atoms with Gasteiger partial charge in [0.2, 0.25) is 5.91 Å². The van der Waals surface area contributed by atoms with Crippen molar-refractivity contribution in [2.24, 2.45) is 0 Å². The van der Waals surface area contributed by atoms with Crippen molar-refractivity contribution in [1.29, 1.82) is 0 Å². The minimum absolute atomic E-state index is 0.0721. The molecule has 1 aromatic heterocycles. The third-order valence-corrected chi connectivity index (χ3v) is 7.12. The van der Waals surface area contributed by atoms with Crippen LogP contribution in [0, 0.1) is 0 Å². The number of hydrogen-bond acceptors (Lipinski definition) is 5. The molecule has 27 heavy (non-hydrogen) atoms. The molecule has 1 N–H and O–H groups in total. The van der Waals surface area contributed by atoms with Gasteiger partial charge in [-0.1, -0.05) is 18.2 Å². The first-order valence-corrected chi connectivity index (χ1v) is 11.2. The summed E-state index contributed by atoms with van der Waals surface area (Å²) < 4.78 is 29.1. The number of nitrogens with zero attached hydrogens (tertiary/aromatic N) is 2. The molecule has 2 fully saturated rings. The monoisotopic (exact) mass is 391 g/mol. The van der Waals surface area contributed by atoms with Gasteiger partial charge in [0.25, 0.3) is 0 Å². The molecule has 0 aliphatic carbocycles. The zero-order valence-corrected chi connectivity index (χ0v) is 16.1. The molecule has 0 saturated carbocycles. The maximum absolute atomic E-state index is 13.3. The van der Waals surface area contributed by atoms with Crippen LogP contribution in [0.2, 0.25) is 0 Å². The molecule has 2 saturated heterocycles. The van der Waals surface area contributed by atoms with Crippen LogP contribution < -0.4 is 0 Å². The van der Waals surface area contributed by atoms with Crippen molar-refractivity contribution in [2.75, 3.05) is 50.9 Å². The highest BCUT2D eigenvalue weighted by atomic mass is 32.2. The van der Waals surface area contributed by atoms with E-state index in [2.05, 4.69) is 11.1 Å². The number of rotatable bonds is 4. The summed E-state index contributed by atoms with van der Waals surface area (Å²) in [6.07, 6.45) is 2.53. The second-order valence-electron chi connectivity index (χ2n) is 7.20. The normalized spacial score (nSPS) is 22.0. The highest BCUT2D eigenvalue weighted by Gasteiger charge is 2.34. The number of nitrogens with one attached hydrogen (secondary N) is 1. The average Bonchev–Trinajstić information content (AvgIpc) is 3.10. The largest absolute Gasteiger partial charge is 0.378 e. The number of aromatic nitrogens is 1. The van der Waals surface area contributed by atoms with Crippen LogP contribution in [-0.4, -0.2) is 86.0 Å². The molecule has 1 amide bonds. The van der Waals surface area contributed by atoms with E-state index in [0.717, 1.165) is 16.5 Å². The Morgan fingerprint density at radius 1 is 1.11 bits per heavy atom. The van der Waals surface area contributed by atoms with Crippen molar-refractivity contribution in [3.05, 3.63) is 36.0 Å². The molecule has 0 bridgehead atoms. The Balaban J connectivity index is 1.60.